The molecule has 1 aromatic carbocycles. The summed E-state index contributed by atoms with van der Waals surface area (Å²) in [5.74, 6) is -0.209. The Hall–Kier alpha value is -1.40. The van der Waals surface area contributed by atoms with Crippen molar-refractivity contribution in [2.75, 3.05) is 18.5 Å². The maximum atomic E-state index is 11.7. The van der Waals surface area contributed by atoms with Gasteiger partial charge in [-0.15, -0.1) is 0 Å². The normalized spacial score (nSPS) is 12.5. The van der Waals surface area contributed by atoms with Crippen LogP contribution in [0.1, 0.15) is 56.5 Å². The lowest BCUT2D eigenvalue weighted by Gasteiger charge is -2.19. The number of anilines is 1. The molecule has 0 heterocycles. The molecule has 0 saturated heterocycles. The zero-order valence-electron chi connectivity index (χ0n) is 15.4. The first-order chi connectivity index (χ1) is 11.7. The van der Waals surface area contributed by atoms with Crippen molar-refractivity contribution in [1.82, 2.24) is 0 Å². The number of rotatable bonds is 10. The van der Waals surface area contributed by atoms with E-state index in [-0.39, 0.29) is 11.0 Å². The number of esters is 1. The van der Waals surface area contributed by atoms with Gasteiger partial charge >= 0.3 is 5.97 Å². The first-order valence-corrected chi connectivity index (χ1v) is 9.46. The Morgan fingerprint density at radius 3 is 2.68 bits per heavy atom. The van der Waals surface area contributed by atoms with Crippen LogP contribution in [0.4, 0.5) is 5.69 Å². The third-order valence-corrected chi connectivity index (χ3v) is 3.87. The number of alkyl halides is 1. The third-order valence-electron chi connectivity index (χ3n) is 3.28. The number of benzene rings is 1. The predicted molar refractivity (Wildman–Crippen MR) is 103 cm³/mol. The summed E-state index contributed by atoms with van der Waals surface area (Å²) >= 11 is 3.46. The fraction of sp³-hybridized carbons (Fsp3) is 0.579. The molecule has 0 aromatic heterocycles. The van der Waals surface area contributed by atoms with Crippen LogP contribution in [0.25, 0.3) is 0 Å². The van der Waals surface area contributed by atoms with Crippen molar-refractivity contribution in [2.24, 2.45) is 0 Å². The molecule has 1 aromatic rings. The van der Waals surface area contributed by atoms with E-state index in [0.717, 1.165) is 17.5 Å². The van der Waals surface area contributed by atoms with Crippen LogP contribution in [0.3, 0.4) is 0 Å². The lowest BCUT2D eigenvalue weighted by atomic mass is 10.1. The van der Waals surface area contributed by atoms with Gasteiger partial charge in [0.1, 0.15) is 10.6 Å². The van der Waals surface area contributed by atoms with Crippen LogP contribution >= 0.6 is 15.9 Å². The van der Waals surface area contributed by atoms with Gasteiger partial charge in [0, 0.05) is 37.2 Å². The molecule has 0 fully saturated rings. The highest BCUT2D eigenvalue weighted by Gasteiger charge is 2.15. The van der Waals surface area contributed by atoms with E-state index in [1.165, 1.54) is 0 Å². The summed E-state index contributed by atoms with van der Waals surface area (Å²) in [6.07, 6.45) is 2.51. The maximum Gasteiger partial charge on any atom is 0.306 e. The second-order valence-corrected chi connectivity index (χ2v) is 7.75. The number of nitrogens with one attached hydrogen (secondary N) is 1. The average Bonchev–Trinajstić information content (AvgIpc) is 2.51. The Labute approximate surface area is 158 Å². The van der Waals surface area contributed by atoms with Crippen molar-refractivity contribution in [2.45, 2.75) is 57.6 Å². The third kappa shape index (κ3) is 9.02. The van der Waals surface area contributed by atoms with E-state index in [1.807, 2.05) is 45.9 Å². The number of hydrogen-bond acceptors (Lipinski definition) is 5. The van der Waals surface area contributed by atoms with Crippen molar-refractivity contribution < 1.29 is 19.1 Å². The van der Waals surface area contributed by atoms with Crippen LogP contribution in [0, 0.1) is 0 Å². The van der Waals surface area contributed by atoms with Crippen molar-refractivity contribution in [1.29, 1.82) is 0 Å². The van der Waals surface area contributed by atoms with Crippen molar-refractivity contribution in [3.05, 3.63) is 29.3 Å². The molecule has 0 amide bonds. The summed E-state index contributed by atoms with van der Waals surface area (Å²) in [6.45, 7) is 8.72. The summed E-state index contributed by atoms with van der Waals surface area (Å²) < 4.78 is 10.7. The van der Waals surface area contributed by atoms with Gasteiger partial charge in [-0.05, 0) is 51.8 Å². The molecule has 6 heteroatoms. The lowest BCUT2D eigenvalue weighted by Crippen LogP contribution is -2.24. The van der Waals surface area contributed by atoms with Crippen LogP contribution < -0.4 is 5.32 Å². The van der Waals surface area contributed by atoms with Gasteiger partial charge in [0.05, 0.1) is 0 Å². The minimum absolute atomic E-state index is 0.0651. The molecule has 1 rings (SSSR count). The highest BCUT2D eigenvalue weighted by molar-refractivity contribution is 9.09. The SMILES string of the molecule is CCOC(Br)Cc1ccc(NCCCC(=O)OC(C)(C)C)c(C=O)c1. The van der Waals surface area contributed by atoms with Crippen molar-refractivity contribution >= 4 is 33.9 Å². The Balaban J connectivity index is 2.50. The molecule has 0 aliphatic rings. The molecule has 0 saturated carbocycles. The number of ether oxygens (including phenoxy) is 2. The van der Waals surface area contributed by atoms with Gasteiger partial charge in [0.15, 0.2) is 6.29 Å². The number of carbonyl (C=O) groups is 2. The van der Waals surface area contributed by atoms with Crippen molar-refractivity contribution in [3.63, 3.8) is 0 Å². The van der Waals surface area contributed by atoms with E-state index in [4.69, 9.17) is 9.47 Å². The standard InChI is InChI=1S/C19H28BrNO4/c1-5-24-17(20)12-14-8-9-16(15(11-14)13-22)21-10-6-7-18(23)25-19(2,3)4/h8-9,11,13,17,21H,5-7,10,12H2,1-4H3. The fourth-order valence-electron chi connectivity index (χ4n) is 2.27. The second-order valence-electron chi connectivity index (χ2n) is 6.73. The summed E-state index contributed by atoms with van der Waals surface area (Å²) in [5.41, 5.74) is 1.94. The minimum atomic E-state index is -0.459. The van der Waals surface area contributed by atoms with Crippen LogP contribution in [-0.4, -0.2) is 36.0 Å². The molecule has 25 heavy (non-hydrogen) atoms. The number of hydrogen-bond donors (Lipinski definition) is 1. The summed E-state index contributed by atoms with van der Waals surface area (Å²) in [6, 6.07) is 5.71. The fourth-order valence-corrected chi connectivity index (χ4v) is 2.91. The minimum Gasteiger partial charge on any atom is -0.460 e. The molecule has 140 valence electrons. The molecule has 5 nitrogen and oxygen atoms in total. The van der Waals surface area contributed by atoms with E-state index < -0.39 is 5.60 Å². The van der Waals surface area contributed by atoms with Crippen LogP contribution in [-0.2, 0) is 20.7 Å². The Morgan fingerprint density at radius 1 is 1.36 bits per heavy atom. The molecule has 1 N–H and O–H groups in total. The van der Waals surface area contributed by atoms with Crippen molar-refractivity contribution in [3.8, 4) is 0 Å². The lowest BCUT2D eigenvalue weighted by molar-refractivity contribution is -0.154. The highest BCUT2D eigenvalue weighted by atomic mass is 79.9. The molecule has 0 bridgehead atoms. The maximum absolute atomic E-state index is 11.7. The summed E-state index contributed by atoms with van der Waals surface area (Å²) in [5, 5.41) is 3.14. The van der Waals surface area contributed by atoms with E-state index in [9.17, 15) is 9.59 Å². The Bertz CT molecular complexity index is 569. The predicted octanol–water partition coefficient (Wildman–Crippen LogP) is 4.33. The smallest absolute Gasteiger partial charge is 0.306 e. The molecule has 1 unspecified atom stereocenters. The zero-order valence-corrected chi connectivity index (χ0v) is 17.0. The Morgan fingerprint density at radius 2 is 2.08 bits per heavy atom. The number of carbonyl (C=O) groups excluding carboxylic acids is 2. The topological polar surface area (TPSA) is 64.6 Å². The first kappa shape index (κ1) is 21.6. The first-order valence-electron chi connectivity index (χ1n) is 8.54. The van der Waals surface area contributed by atoms with Crippen LogP contribution in [0.5, 0.6) is 0 Å². The number of halogens is 1. The van der Waals surface area contributed by atoms with Gasteiger partial charge in [0.25, 0.3) is 0 Å². The van der Waals surface area contributed by atoms with Gasteiger partial charge in [-0.3, -0.25) is 9.59 Å². The average molecular weight is 414 g/mol. The van der Waals surface area contributed by atoms with Gasteiger partial charge in [-0.25, -0.2) is 0 Å². The van der Waals surface area contributed by atoms with E-state index in [0.29, 0.717) is 38.0 Å². The van der Waals surface area contributed by atoms with Crippen LogP contribution in [0.15, 0.2) is 18.2 Å². The molecule has 0 aliphatic carbocycles. The van der Waals surface area contributed by atoms with E-state index in [2.05, 4.69) is 21.2 Å². The quantitative estimate of drug-likeness (QED) is 0.267. The van der Waals surface area contributed by atoms with Gasteiger partial charge < -0.3 is 14.8 Å². The molecule has 0 radical (unpaired) electrons. The molecular weight excluding hydrogens is 386 g/mol. The number of aldehydes is 1. The molecule has 1 atom stereocenters. The largest absolute Gasteiger partial charge is 0.460 e. The van der Waals surface area contributed by atoms with Gasteiger partial charge in [0.2, 0.25) is 0 Å². The molecule has 0 spiro atoms. The molecular formula is C19H28BrNO4. The zero-order chi connectivity index (χ0) is 18.9. The van der Waals surface area contributed by atoms with Gasteiger partial charge in [-0.2, -0.15) is 0 Å². The van der Waals surface area contributed by atoms with Crippen LogP contribution in [0.2, 0.25) is 0 Å². The summed E-state index contributed by atoms with van der Waals surface area (Å²) in [4.78, 5) is 23.0. The highest BCUT2D eigenvalue weighted by Crippen LogP contribution is 2.19. The molecule has 0 aliphatic heterocycles. The second kappa shape index (κ2) is 10.6. The summed E-state index contributed by atoms with van der Waals surface area (Å²) in [7, 11) is 0. The van der Waals surface area contributed by atoms with E-state index in [1.54, 1.807) is 0 Å². The van der Waals surface area contributed by atoms with E-state index >= 15 is 0 Å². The monoisotopic (exact) mass is 413 g/mol. The Kier molecular flexibility index (Phi) is 9.14. The van der Waals surface area contributed by atoms with Gasteiger partial charge in [-0.1, -0.05) is 22.0 Å².